The van der Waals surface area contributed by atoms with E-state index in [0.717, 1.165) is 77.6 Å². The molecule has 3 aromatic rings. The first-order chi connectivity index (χ1) is 15.8. The van der Waals surface area contributed by atoms with E-state index in [1.165, 1.54) is 0 Å². The van der Waals surface area contributed by atoms with Gasteiger partial charge in [0.2, 0.25) is 0 Å². The van der Waals surface area contributed by atoms with Gasteiger partial charge in [-0.25, -0.2) is 0 Å². The molecule has 0 radical (unpaired) electrons. The summed E-state index contributed by atoms with van der Waals surface area (Å²) in [7, 11) is -4.52. The maximum absolute atomic E-state index is 12.4. The van der Waals surface area contributed by atoms with Crippen molar-refractivity contribution in [2.24, 2.45) is 0 Å². The highest BCUT2D eigenvalue weighted by Crippen LogP contribution is 2.39. The lowest BCUT2D eigenvalue weighted by molar-refractivity contribution is -0.168. The zero-order chi connectivity index (χ0) is 23.6. The molecule has 0 amide bonds. The number of fused-ring (bicyclic) bond motifs is 1. The summed E-state index contributed by atoms with van der Waals surface area (Å²) in [5.41, 5.74) is 6.18. The summed E-state index contributed by atoms with van der Waals surface area (Å²) in [6.07, 6.45) is 4.60. The highest BCUT2D eigenvalue weighted by Gasteiger charge is 2.25. The van der Waals surface area contributed by atoms with Gasteiger partial charge in [-0.3, -0.25) is 9.55 Å². The van der Waals surface area contributed by atoms with Crippen LogP contribution in [0.5, 0.6) is 0 Å². The number of hydrogen-bond acceptors (Lipinski definition) is 4. The summed E-state index contributed by atoms with van der Waals surface area (Å²) in [4.78, 5) is 24.9. The number of rotatable bonds is 7. The Kier molecular flexibility index (Phi) is 7.32. The van der Waals surface area contributed by atoms with Gasteiger partial charge in [-0.2, -0.15) is 0 Å². The minimum Gasteiger partial charge on any atom is -0.353 e. The van der Waals surface area contributed by atoms with Crippen LogP contribution in [0.25, 0.3) is 22.0 Å². The Morgan fingerprint density at radius 1 is 1.06 bits per heavy atom. The lowest BCUT2D eigenvalue weighted by Crippen LogP contribution is -2.21. The Bertz CT molecular complexity index is 1180. The third kappa shape index (κ3) is 5.21. The van der Waals surface area contributed by atoms with Gasteiger partial charge in [-0.05, 0) is 79.0 Å². The summed E-state index contributed by atoms with van der Waals surface area (Å²) in [6, 6.07) is 11.5. The number of benzene rings is 2. The molecule has 33 heavy (non-hydrogen) atoms. The molecule has 2 heterocycles. The van der Waals surface area contributed by atoms with Crippen molar-refractivity contribution in [3.63, 3.8) is 0 Å². The standard InChI is InChI=1S/C26H32NO5P/c1-4-21-17(3)27-26-23(22(21)5-2)14-20(15-24(26)33(28,29)30)19-11-9-18(10-12-19)16-32-25-8-6-7-13-31-25/h9-12,14-15,25H,4-8,13,16H2,1-3H3,(H2,28,29,30). The van der Waals surface area contributed by atoms with E-state index in [1.807, 2.05) is 37.3 Å². The second-order valence-electron chi connectivity index (χ2n) is 8.60. The van der Waals surface area contributed by atoms with Gasteiger partial charge < -0.3 is 19.3 Å². The number of pyridine rings is 1. The molecule has 1 aromatic heterocycles. The van der Waals surface area contributed by atoms with E-state index < -0.39 is 7.60 Å². The molecular formula is C26H32NO5P. The zero-order valence-corrected chi connectivity index (χ0v) is 20.4. The minimum absolute atomic E-state index is 0.0164. The molecule has 0 bridgehead atoms. The molecule has 1 saturated heterocycles. The minimum atomic E-state index is -4.52. The number of aromatic nitrogens is 1. The van der Waals surface area contributed by atoms with Crippen LogP contribution in [0.3, 0.4) is 0 Å². The number of nitrogens with zero attached hydrogens (tertiary/aromatic N) is 1. The Morgan fingerprint density at radius 3 is 2.39 bits per heavy atom. The van der Waals surface area contributed by atoms with Gasteiger partial charge >= 0.3 is 7.60 Å². The summed E-state index contributed by atoms with van der Waals surface area (Å²) >= 11 is 0. The highest BCUT2D eigenvalue weighted by atomic mass is 31.2. The molecular weight excluding hydrogens is 437 g/mol. The van der Waals surface area contributed by atoms with Crippen molar-refractivity contribution in [2.45, 2.75) is 65.8 Å². The maximum Gasteiger partial charge on any atom is 0.358 e. The summed E-state index contributed by atoms with van der Waals surface area (Å²) < 4.78 is 23.9. The fourth-order valence-corrected chi connectivity index (χ4v) is 5.42. The normalized spacial score (nSPS) is 16.9. The molecule has 1 fully saturated rings. The first-order valence-electron chi connectivity index (χ1n) is 11.7. The predicted octanol–water partition coefficient (Wildman–Crippen LogP) is 5.18. The third-order valence-electron chi connectivity index (χ3n) is 6.38. The third-order valence-corrected chi connectivity index (χ3v) is 7.35. The van der Waals surface area contributed by atoms with Crippen LogP contribution < -0.4 is 5.30 Å². The highest BCUT2D eigenvalue weighted by molar-refractivity contribution is 7.60. The molecule has 176 valence electrons. The van der Waals surface area contributed by atoms with Gasteiger partial charge in [-0.15, -0.1) is 0 Å². The van der Waals surface area contributed by atoms with Crippen molar-refractivity contribution >= 4 is 23.8 Å². The van der Waals surface area contributed by atoms with Crippen LogP contribution in [0.2, 0.25) is 0 Å². The van der Waals surface area contributed by atoms with Crippen molar-refractivity contribution in [3.05, 3.63) is 58.8 Å². The number of aryl methyl sites for hydroxylation is 2. The van der Waals surface area contributed by atoms with Crippen molar-refractivity contribution < 1.29 is 23.8 Å². The summed E-state index contributed by atoms with van der Waals surface area (Å²) in [6.45, 7) is 7.29. The van der Waals surface area contributed by atoms with Crippen LogP contribution in [-0.4, -0.2) is 27.7 Å². The van der Waals surface area contributed by atoms with Gasteiger partial charge in [0.15, 0.2) is 6.29 Å². The van der Waals surface area contributed by atoms with E-state index in [9.17, 15) is 14.4 Å². The molecule has 0 spiro atoms. The molecule has 0 aliphatic carbocycles. The van der Waals surface area contributed by atoms with E-state index in [2.05, 4.69) is 18.8 Å². The molecule has 1 unspecified atom stereocenters. The fourth-order valence-electron chi connectivity index (χ4n) is 4.67. The number of ether oxygens (including phenoxy) is 2. The topological polar surface area (TPSA) is 88.9 Å². The maximum atomic E-state index is 12.4. The van der Waals surface area contributed by atoms with Gasteiger partial charge in [0.05, 0.1) is 17.4 Å². The Hall–Kier alpha value is -2.08. The molecule has 2 N–H and O–H groups in total. The van der Waals surface area contributed by atoms with Crippen molar-refractivity contribution in [1.82, 2.24) is 4.98 Å². The van der Waals surface area contributed by atoms with Crippen LogP contribution in [0.4, 0.5) is 0 Å². The summed E-state index contributed by atoms with van der Waals surface area (Å²) in [5, 5.41) is 0.801. The predicted molar refractivity (Wildman–Crippen MR) is 131 cm³/mol. The first kappa shape index (κ1) is 24.1. The second kappa shape index (κ2) is 10.0. The smallest absolute Gasteiger partial charge is 0.353 e. The lowest BCUT2D eigenvalue weighted by atomic mass is 9.94. The average Bonchev–Trinajstić information content (AvgIpc) is 2.81. The fraction of sp³-hybridized carbons (Fsp3) is 0.423. The number of hydrogen-bond donors (Lipinski definition) is 2. The molecule has 6 nitrogen and oxygen atoms in total. The molecule has 1 aliphatic rings. The molecule has 7 heteroatoms. The monoisotopic (exact) mass is 469 g/mol. The molecule has 0 saturated carbocycles. The van der Waals surface area contributed by atoms with E-state index >= 15 is 0 Å². The van der Waals surface area contributed by atoms with Crippen LogP contribution in [0, 0.1) is 6.92 Å². The van der Waals surface area contributed by atoms with E-state index in [1.54, 1.807) is 6.07 Å². The van der Waals surface area contributed by atoms with E-state index in [-0.39, 0.29) is 11.6 Å². The van der Waals surface area contributed by atoms with Gasteiger partial charge in [0.25, 0.3) is 0 Å². The van der Waals surface area contributed by atoms with Crippen molar-refractivity contribution in [2.75, 3.05) is 6.61 Å². The Balaban J connectivity index is 1.72. The Labute approximate surface area is 195 Å². The van der Waals surface area contributed by atoms with Crippen LogP contribution in [0.15, 0.2) is 36.4 Å². The molecule has 1 atom stereocenters. The molecule has 4 rings (SSSR count). The quantitative estimate of drug-likeness (QED) is 0.464. The average molecular weight is 470 g/mol. The summed E-state index contributed by atoms with van der Waals surface area (Å²) in [5.74, 6) is 0. The first-order valence-corrected chi connectivity index (χ1v) is 13.3. The van der Waals surface area contributed by atoms with Gasteiger partial charge in [0, 0.05) is 17.7 Å². The van der Waals surface area contributed by atoms with Crippen LogP contribution in [0.1, 0.15) is 55.5 Å². The van der Waals surface area contributed by atoms with E-state index in [0.29, 0.717) is 12.1 Å². The molecule has 2 aromatic carbocycles. The van der Waals surface area contributed by atoms with Crippen LogP contribution >= 0.6 is 7.60 Å². The lowest BCUT2D eigenvalue weighted by Gasteiger charge is -2.22. The largest absolute Gasteiger partial charge is 0.358 e. The SMILES string of the molecule is CCc1c(C)nc2c(P(=O)(O)O)cc(-c3ccc(COC4CCCCO4)cc3)cc2c1CC. The van der Waals surface area contributed by atoms with Crippen molar-refractivity contribution in [1.29, 1.82) is 0 Å². The second-order valence-corrected chi connectivity index (χ2v) is 10.2. The zero-order valence-electron chi connectivity index (χ0n) is 19.5. The van der Waals surface area contributed by atoms with E-state index in [4.69, 9.17) is 9.47 Å². The van der Waals surface area contributed by atoms with Crippen molar-refractivity contribution in [3.8, 4) is 11.1 Å². The van der Waals surface area contributed by atoms with Crippen LogP contribution in [-0.2, 0) is 33.5 Å². The molecule has 1 aliphatic heterocycles. The Morgan fingerprint density at radius 2 is 1.79 bits per heavy atom. The van der Waals surface area contributed by atoms with Gasteiger partial charge in [0.1, 0.15) is 0 Å². The van der Waals surface area contributed by atoms with Gasteiger partial charge in [-0.1, -0.05) is 38.1 Å².